The largest absolute Gasteiger partial charge is 0.271 e. The highest BCUT2D eigenvalue weighted by molar-refractivity contribution is 5.25. The molecule has 0 aliphatic heterocycles. The molecule has 5 nitrogen and oxygen atoms in total. The molecule has 0 aliphatic rings. The van der Waals surface area contributed by atoms with Crippen LogP contribution in [-0.4, -0.2) is 14.8 Å². The van der Waals surface area contributed by atoms with Gasteiger partial charge in [0.15, 0.2) is 0 Å². The highest BCUT2D eigenvalue weighted by Gasteiger charge is 2.14. The first-order valence-electron chi connectivity index (χ1n) is 4.67. The third-order valence-electron chi connectivity index (χ3n) is 2.36. The van der Waals surface area contributed by atoms with Crippen LogP contribution < -0.4 is 11.3 Å². The SMILES string of the molecule is Cn1nccc1C(NN)c1ccncc1. The monoisotopic (exact) mass is 203 g/mol. The maximum Gasteiger partial charge on any atom is 0.0879 e. The summed E-state index contributed by atoms with van der Waals surface area (Å²) in [5, 5.41) is 4.12. The Bertz CT molecular complexity index is 422. The molecule has 0 fully saturated rings. The Hall–Kier alpha value is -1.72. The second-order valence-corrected chi connectivity index (χ2v) is 3.26. The van der Waals surface area contributed by atoms with Crippen molar-refractivity contribution in [3.63, 3.8) is 0 Å². The van der Waals surface area contributed by atoms with Crippen molar-refractivity contribution in [3.05, 3.63) is 48.0 Å². The Morgan fingerprint density at radius 3 is 2.53 bits per heavy atom. The second kappa shape index (κ2) is 4.20. The van der Waals surface area contributed by atoms with Gasteiger partial charge in [-0.05, 0) is 23.8 Å². The molecule has 2 aromatic rings. The number of nitrogens with zero attached hydrogens (tertiary/aromatic N) is 3. The minimum absolute atomic E-state index is 0.0551. The van der Waals surface area contributed by atoms with Gasteiger partial charge in [-0.3, -0.25) is 15.5 Å². The van der Waals surface area contributed by atoms with E-state index in [-0.39, 0.29) is 6.04 Å². The van der Waals surface area contributed by atoms with Gasteiger partial charge < -0.3 is 0 Å². The molecule has 2 heterocycles. The van der Waals surface area contributed by atoms with E-state index in [1.165, 1.54) is 0 Å². The summed E-state index contributed by atoms with van der Waals surface area (Å²) >= 11 is 0. The number of nitrogens with two attached hydrogens (primary N) is 1. The molecular formula is C10H13N5. The third-order valence-corrected chi connectivity index (χ3v) is 2.36. The molecule has 15 heavy (non-hydrogen) atoms. The first-order chi connectivity index (χ1) is 7.33. The average molecular weight is 203 g/mol. The van der Waals surface area contributed by atoms with Crippen molar-refractivity contribution in [3.8, 4) is 0 Å². The lowest BCUT2D eigenvalue weighted by Crippen LogP contribution is -2.30. The molecule has 0 bridgehead atoms. The van der Waals surface area contributed by atoms with Crippen LogP contribution in [0.15, 0.2) is 36.8 Å². The van der Waals surface area contributed by atoms with Crippen molar-refractivity contribution in [2.75, 3.05) is 0 Å². The van der Waals surface area contributed by atoms with E-state index in [1.54, 1.807) is 23.3 Å². The van der Waals surface area contributed by atoms with E-state index in [4.69, 9.17) is 5.84 Å². The maximum absolute atomic E-state index is 5.55. The molecule has 1 atom stereocenters. The van der Waals surface area contributed by atoms with E-state index >= 15 is 0 Å². The van der Waals surface area contributed by atoms with Gasteiger partial charge in [0, 0.05) is 25.6 Å². The lowest BCUT2D eigenvalue weighted by molar-refractivity contribution is 0.574. The van der Waals surface area contributed by atoms with Gasteiger partial charge in [-0.25, -0.2) is 5.43 Å². The number of aryl methyl sites for hydroxylation is 1. The minimum atomic E-state index is -0.0551. The Morgan fingerprint density at radius 2 is 2.00 bits per heavy atom. The zero-order chi connectivity index (χ0) is 10.7. The van der Waals surface area contributed by atoms with Gasteiger partial charge in [-0.2, -0.15) is 5.10 Å². The number of hydrazine groups is 1. The van der Waals surface area contributed by atoms with Crippen molar-refractivity contribution in [1.29, 1.82) is 0 Å². The van der Waals surface area contributed by atoms with Gasteiger partial charge >= 0.3 is 0 Å². The van der Waals surface area contributed by atoms with Gasteiger partial charge in [0.2, 0.25) is 0 Å². The van der Waals surface area contributed by atoms with Crippen molar-refractivity contribution in [2.45, 2.75) is 6.04 Å². The number of pyridine rings is 1. The number of aromatic nitrogens is 3. The molecule has 0 spiro atoms. The van der Waals surface area contributed by atoms with Gasteiger partial charge in [0.1, 0.15) is 0 Å². The van der Waals surface area contributed by atoms with Gasteiger partial charge in [0.25, 0.3) is 0 Å². The summed E-state index contributed by atoms with van der Waals surface area (Å²) in [7, 11) is 1.89. The number of nitrogens with one attached hydrogen (secondary N) is 1. The molecule has 0 aliphatic carbocycles. The van der Waals surface area contributed by atoms with Crippen LogP contribution in [0.5, 0.6) is 0 Å². The summed E-state index contributed by atoms with van der Waals surface area (Å²) in [6, 6.07) is 5.74. The van der Waals surface area contributed by atoms with Crippen LogP contribution in [0, 0.1) is 0 Å². The molecule has 78 valence electrons. The highest BCUT2D eigenvalue weighted by atomic mass is 15.3. The standard InChI is InChI=1S/C10H13N5/c1-15-9(4-7-13-15)10(14-11)8-2-5-12-6-3-8/h2-7,10,14H,11H2,1H3. The summed E-state index contributed by atoms with van der Waals surface area (Å²) < 4.78 is 1.80. The third kappa shape index (κ3) is 1.88. The fourth-order valence-corrected chi connectivity index (χ4v) is 1.58. The van der Waals surface area contributed by atoms with Gasteiger partial charge in [0.05, 0.1) is 11.7 Å². The predicted octanol–water partition coefficient (Wildman–Crippen LogP) is 0.368. The van der Waals surface area contributed by atoms with E-state index < -0.39 is 0 Å². The number of hydrogen-bond acceptors (Lipinski definition) is 4. The molecule has 2 rings (SSSR count). The molecule has 0 saturated heterocycles. The first kappa shape index (κ1) is 9.82. The summed E-state index contributed by atoms with van der Waals surface area (Å²) in [5.74, 6) is 5.55. The van der Waals surface area contributed by atoms with E-state index in [0.29, 0.717) is 0 Å². The van der Waals surface area contributed by atoms with Crippen molar-refractivity contribution in [1.82, 2.24) is 20.2 Å². The lowest BCUT2D eigenvalue weighted by Gasteiger charge is -2.16. The Balaban J connectivity index is 2.37. The van der Waals surface area contributed by atoms with Gasteiger partial charge in [-0.1, -0.05) is 0 Å². The predicted molar refractivity (Wildman–Crippen MR) is 56.6 cm³/mol. The van der Waals surface area contributed by atoms with Crippen molar-refractivity contribution < 1.29 is 0 Å². The zero-order valence-electron chi connectivity index (χ0n) is 8.46. The first-order valence-corrected chi connectivity index (χ1v) is 4.67. The van der Waals surface area contributed by atoms with Crippen LogP contribution in [0.2, 0.25) is 0 Å². The minimum Gasteiger partial charge on any atom is -0.271 e. The quantitative estimate of drug-likeness (QED) is 0.558. The number of hydrogen-bond donors (Lipinski definition) is 2. The van der Waals surface area contributed by atoms with Crippen LogP contribution in [0.3, 0.4) is 0 Å². The van der Waals surface area contributed by atoms with E-state index in [9.17, 15) is 0 Å². The van der Waals surface area contributed by atoms with Crippen LogP contribution in [0.4, 0.5) is 0 Å². The van der Waals surface area contributed by atoms with Crippen molar-refractivity contribution >= 4 is 0 Å². The Labute approximate surface area is 87.9 Å². The molecule has 0 amide bonds. The molecule has 0 saturated carbocycles. The topological polar surface area (TPSA) is 68.8 Å². The zero-order valence-corrected chi connectivity index (χ0v) is 8.46. The maximum atomic E-state index is 5.55. The number of rotatable bonds is 3. The van der Waals surface area contributed by atoms with E-state index in [1.807, 2.05) is 25.2 Å². The van der Waals surface area contributed by atoms with Crippen molar-refractivity contribution in [2.24, 2.45) is 12.9 Å². The van der Waals surface area contributed by atoms with Gasteiger partial charge in [-0.15, -0.1) is 0 Å². The molecule has 3 N–H and O–H groups in total. The molecule has 1 unspecified atom stereocenters. The normalized spacial score (nSPS) is 12.7. The van der Waals surface area contributed by atoms with E-state index in [2.05, 4.69) is 15.5 Å². The summed E-state index contributed by atoms with van der Waals surface area (Å²) in [6.45, 7) is 0. The molecule has 0 aromatic carbocycles. The highest BCUT2D eigenvalue weighted by Crippen LogP contribution is 2.19. The molecule has 2 aromatic heterocycles. The lowest BCUT2D eigenvalue weighted by atomic mass is 10.1. The smallest absolute Gasteiger partial charge is 0.0879 e. The molecule has 5 heteroatoms. The fourth-order valence-electron chi connectivity index (χ4n) is 1.58. The summed E-state index contributed by atoms with van der Waals surface area (Å²) in [5.41, 5.74) is 4.86. The van der Waals surface area contributed by atoms with Crippen LogP contribution in [0.25, 0.3) is 0 Å². The average Bonchev–Trinajstić information content (AvgIpc) is 2.68. The van der Waals surface area contributed by atoms with Crippen LogP contribution in [0.1, 0.15) is 17.3 Å². The fraction of sp³-hybridized carbons (Fsp3) is 0.200. The summed E-state index contributed by atoms with van der Waals surface area (Å²) in [6.07, 6.45) is 5.24. The summed E-state index contributed by atoms with van der Waals surface area (Å²) in [4.78, 5) is 3.97. The molecule has 0 radical (unpaired) electrons. The second-order valence-electron chi connectivity index (χ2n) is 3.26. The Kier molecular flexibility index (Phi) is 2.75. The van der Waals surface area contributed by atoms with E-state index in [0.717, 1.165) is 11.3 Å². The molecular weight excluding hydrogens is 190 g/mol. The van der Waals surface area contributed by atoms with Crippen LogP contribution in [-0.2, 0) is 7.05 Å². The van der Waals surface area contributed by atoms with Crippen LogP contribution >= 0.6 is 0 Å². The Morgan fingerprint density at radius 1 is 1.27 bits per heavy atom.